The summed E-state index contributed by atoms with van der Waals surface area (Å²) in [5.74, 6) is 1.06. The molecule has 0 amide bonds. The number of likely N-dealkylation sites (tertiary alicyclic amines) is 1. The molecule has 1 saturated heterocycles. The van der Waals surface area contributed by atoms with Gasteiger partial charge in [-0.25, -0.2) is 4.39 Å². The van der Waals surface area contributed by atoms with Crippen LogP contribution in [0.3, 0.4) is 0 Å². The third-order valence-electron chi connectivity index (χ3n) is 3.60. The molecule has 1 aromatic carbocycles. The summed E-state index contributed by atoms with van der Waals surface area (Å²) in [6.45, 7) is 3.49. The number of hydrogen-bond acceptors (Lipinski definition) is 3. The molecule has 1 fully saturated rings. The molecule has 4 heteroatoms. The molecule has 3 nitrogen and oxygen atoms in total. The zero-order valence-corrected chi connectivity index (χ0v) is 10.9. The summed E-state index contributed by atoms with van der Waals surface area (Å²) >= 11 is 0. The summed E-state index contributed by atoms with van der Waals surface area (Å²) < 4.78 is 18.8. The van der Waals surface area contributed by atoms with Gasteiger partial charge in [-0.05, 0) is 37.9 Å². The molecule has 0 bridgehead atoms. The Labute approximate surface area is 108 Å². The first kappa shape index (κ1) is 13.3. The highest BCUT2D eigenvalue weighted by Gasteiger charge is 2.22. The minimum atomic E-state index is -0.184. The van der Waals surface area contributed by atoms with E-state index in [1.807, 2.05) is 12.1 Å². The van der Waals surface area contributed by atoms with Crippen LogP contribution in [-0.2, 0) is 6.54 Å². The summed E-state index contributed by atoms with van der Waals surface area (Å²) in [6.07, 6.45) is 2.25. The predicted molar refractivity (Wildman–Crippen MR) is 70.0 cm³/mol. The van der Waals surface area contributed by atoms with E-state index in [1.165, 1.54) is 12.5 Å². The van der Waals surface area contributed by atoms with Gasteiger partial charge in [-0.15, -0.1) is 0 Å². The molecule has 1 atom stereocenters. The van der Waals surface area contributed by atoms with E-state index in [0.717, 1.165) is 31.6 Å². The van der Waals surface area contributed by atoms with Crippen molar-refractivity contribution in [2.45, 2.75) is 19.4 Å². The van der Waals surface area contributed by atoms with Crippen molar-refractivity contribution in [3.05, 3.63) is 29.6 Å². The molecule has 0 aromatic heterocycles. The van der Waals surface area contributed by atoms with Gasteiger partial charge in [-0.1, -0.05) is 6.07 Å². The van der Waals surface area contributed by atoms with Crippen LogP contribution in [0.2, 0.25) is 0 Å². The number of halogens is 1. The first-order chi connectivity index (χ1) is 8.72. The van der Waals surface area contributed by atoms with E-state index in [2.05, 4.69) is 4.90 Å². The molecule has 100 valence electrons. The third-order valence-corrected chi connectivity index (χ3v) is 3.60. The molecule has 1 aliphatic heterocycles. The minimum Gasteiger partial charge on any atom is -0.497 e. The highest BCUT2D eigenvalue weighted by molar-refractivity contribution is 5.28. The van der Waals surface area contributed by atoms with Gasteiger partial charge in [-0.3, -0.25) is 4.90 Å². The summed E-state index contributed by atoms with van der Waals surface area (Å²) in [7, 11) is 1.55. The molecule has 1 heterocycles. The fourth-order valence-electron chi connectivity index (χ4n) is 2.55. The zero-order chi connectivity index (χ0) is 13.0. The molecule has 1 aliphatic rings. The van der Waals surface area contributed by atoms with E-state index in [9.17, 15) is 4.39 Å². The topological polar surface area (TPSA) is 38.5 Å². The highest BCUT2D eigenvalue weighted by Crippen LogP contribution is 2.23. The molecule has 1 aromatic rings. The number of methoxy groups -OCH3 is 1. The van der Waals surface area contributed by atoms with Crippen molar-refractivity contribution in [3.8, 4) is 5.75 Å². The van der Waals surface area contributed by atoms with Crippen molar-refractivity contribution < 1.29 is 9.13 Å². The normalized spacial score (nSPS) is 20.3. The second-order valence-electron chi connectivity index (χ2n) is 4.92. The number of rotatable bonds is 5. The van der Waals surface area contributed by atoms with E-state index in [4.69, 9.17) is 10.5 Å². The van der Waals surface area contributed by atoms with Crippen molar-refractivity contribution in [3.63, 3.8) is 0 Å². The van der Waals surface area contributed by atoms with Crippen LogP contribution in [0.1, 0.15) is 18.4 Å². The number of nitrogens with two attached hydrogens (primary N) is 1. The Hall–Kier alpha value is -1.13. The zero-order valence-electron chi connectivity index (χ0n) is 10.9. The van der Waals surface area contributed by atoms with Crippen LogP contribution >= 0.6 is 0 Å². The van der Waals surface area contributed by atoms with E-state index < -0.39 is 0 Å². The average Bonchev–Trinajstić information content (AvgIpc) is 2.80. The number of ether oxygens (including phenoxy) is 1. The Morgan fingerprint density at radius 1 is 1.50 bits per heavy atom. The maximum atomic E-state index is 13.8. The largest absolute Gasteiger partial charge is 0.497 e. The Balaban J connectivity index is 1.94. The minimum absolute atomic E-state index is 0.184. The van der Waals surface area contributed by atoms with Gasteiger partial charge in [0.2, 0.25) is 0 Å². The molecule has 18 heavy (non-hydrogen) atoms. The van der Waals surface area contributed by atoms with Crippen LogP contribution in [0.4, 0.5) is 4.39 Å². The summed E-state index contributed by atoms with van der Waals surface area (Å²) in [6, 6.07) is 5.07. The first-order valence-electron chi connectivity index (χ1n) is 6.47. The van der Waals surface area contributed by atoms with Gasteiger partial charge < -0.3 is 10.5 Å². The quantitative estimate of drug-likeness (QED) is 0.871. The fourth-order valence-corrected chi connectivity index (χ4v) is 2.55. The molecule has 0 radical (unpaired) electrons. The van der Waals surface area contributed by atoms with Gasteiger partial charge >= 0.3 is 0 Å². The third kappa shape index (κ3) is 3.21. The monoisotopic (exact) mass is 252 g/mol. The Morgan fingerprint density at radius 2 is 2.33 bits per heavy atom. The van der Waals surface area contributed by atoms with Crippen LogP contribution in [0.5, 0.6) is 5.75 Å². The molecular weight excluding hydrogens is 231 g/mol. The van der Waals surface area contributed by atoms with Crippen LogP contribution in [0.15, 0.2) is 18.2 Å². The smallest absolute Gasteiger partial charge is 0.131 e. The standard InChI is InChI=1S/C14H21FN2O/c1-18-13-3-2-12(14(15)8-13)10-17-7-5-11(9-17)4-6-16/h2-3,8,11H,4-7,9-10,16H2,1H3. The van der Waals surface area contributed by atoms with Crippen molar-refractivity contribution in [2.75, 3.05) is 26.7 Å². The molecule has 0 spiro atoms. The summed E-state index contributed by atoms with van der Waals surface area (Å²) in [5, 5.41) is 0. The second-order valence-corrected chi connectivity index (χ2v) is 4.92. The number of benzene rings is 1. The second kappa shape index (κ2) is 6.16. The van der Waals surface area contributed by atoms with Crippen LogP contribution < -0.4 is 10.5 Å². The Morgan fingerprint density at radius 3 is 3.00 bits per heavy atom. The number of hydrogen-bond donors (Lipinski definition) is 1. The SMILES string of the molecule is COc1ccc(CN2CCC(CCN)C2)c(F)c1. The van der Waals surface area contributed by atoms with Crippen LogP contribution in [-0.4, -0.2) is 31.6 Å². The van der Waals surface area contributed by atoms with Gasteiger partial charge in [0.1, 0.15) is 11.6 Å². The van der Waals surface area contributed by atoms with Gasteiger partial charge in [0.05, 0.1) is 7.11 Å². The van der Waals surface area contributed by atoms with Gasteiger partial charge in [0.15, 0.2) is 0 Å². The van der Waals surface area contributed by atoms with E-state index in [0.29, 0.717) is 18.2 Å². The van der Waals surface area contributed by atoms with Gasteiger partial charge in [-0.2, -0.15) is 0 Å². The lowest BCUT2D eigenvalue weighted by Gasteiger charge is -2.16. The summed E-state index contributed by atoms with van der Waals surface area (Å²) in [5.41, 5.74) is 6.31. The predicted octanol–water partition coefficient (Wildman–Crippen LogP) is 2.00. The van der Waals surface area contributed by atoms with Crippen LogP contribution in [0, 0.1) is 11.7 Å². The van der Waals surface area contributed by atoms with E-state index >= 15 is 0 Å². The van der Waals surface area contributed by atoms with Crippen molar-refractivity contribution in [1.29, 1.82) is 0 Å². The Bertz CT molecular complexity index is 397. The highest BCUT2D eigenvalue weighted by atomic mass is 19.1. The lowest BCUT2D eigenvalue weighted by atomic mass is 10.1. The lowest BCUT2D eigenvalue weighted by Crippen LogP contribution is -2.21. The number of nitrogens with zero attached hydrogens (tertiary/aromatic N) is 1. The fraction of sp³-hybridized carbons (Fsp3) is 0.571. The van der Waals surface area contributed by atoms with Crippen molar-refractivity contribution >= 4 is 0 Å². The van der Waals surface area contributed by atoms with E-state index in [1.54, 1.807) is 7.11 Å². The molecule has 1 unspecified atom stereocenters. The Kier molecular flexibility index (Phi) is 4.55. The molecular formula is C14H21FN2O. The molecule has 2 N–H and O–H groups in total. The van der Waals surface area contributed by atoms with E-state index in [-0.39, 0.29) is 5.82 Å². The summed E-state index contributed by atoms with van der Waals surface area (Å²) in [4.78, 5) is 2.30. The van der Waals surface area contributed by atoms with Crippen molar-refractivity contribution in [1.82, 2.24) is 4.90 Å². The van der Waals surface area contributed by atoms with Gasteiger partial charge in [0.25, 0.3) is 0 Å². The average molecular weight is 252 g/mol. The maximum Gasteiger partial charge on any atom is 0.131 e. The van der Waals surface area contributed by atoms with Gasteiger partial charge in [0, 0.05) is 24.7 Å². The lowest BCUT2D eigenvalue weighted by molar-refractivity contribution is 0.308. The molecule has 2 rings (SSSR count). The molecule has 0 saturated carbocycles. The first-order valence-corrected chi connectivity index (χ1v) is 6.47. The maximum absolute atomic E-state index is 13.8. The molecule has 0 aliphatic carbocycles. The van der Waals surface area contributed by atoms with Crippen molar-refractivity contribution in [2.24, 2.45) is 11.7 Å². The van der Waals surface area contributed by atoms with Crippen LogP contribution in [0.25, 0.3) is 0 Å².